The molecule has 1 heterocycles. The fraction of sp³-hybridized carbons (Fsp3) is 0.556. The van der Waals surface area contributed by atoms with Crippen molar-refractivity contribution in [3.63, 3.8) is 0 Å². The van der Waals surface area contributed by atoms with Gasteiger partial charge in [0, 0.05) is 11.0 Å². The molecule has 0 aliphatic carbocycles. The average Bonchev–Trinajstić information content (AvgIpc) is 2.74. The summed E-state index contributed by atoms with van der Waals surface area (Å²) in [5.74, 6) is 2.42. The van der Waals surface area contributed by atoms with Crippen molar-refractivity contribution in [1.29, 1.82) is 0 Å². The quantitative estimate of drug-likeness (QED) is 0.726. The summed E-state index contributed by atoms with van der Waals surface area (Å²) in [7, 11) is 3.31. The number of halogens is 1. The zero-order valence-electron chi connectivity index (χ0n) is 14.5. The van der Waals surface area contributed by atoms with Gasteiger partial charge in [0.1, 0.15) is 21.7 Å². The highest BCUT2D eigenvalue weighted by Gasteiger charge is 2.41. The molecule has 0 saturated carbocycles. The molecular formula is C18H25BrO3. The van der Waals surface area contributed by atoms with Crippen LogP contribution in [0, 0.1) is 10.8 Å². The minimum Gasteiger partial charge on any atom is -0.495 e. The molecule has 22 heavy (non-hydrogen) atoms. The number of methoxy groups -OCH3 is 2. The Morgan fingerprint density at radius 1 is 1.09 bits per heavy atom. The van der Waals surface area contributed by atoms with E-state index in [0.717, 1.165) is 27.3 Å². The summed E-state index contributed by atoms with van der Waals surface area (Å²) in [6.07, 6.45) is 0. The van der Waals surface area contributed by atoms with Crippen LogP contribution in [0.5, 0.6) is 11.5 Å². The monoisotopic (exact) mass is 368 g/mol. The van der Waals surface area contributed by atoms with E-state index in [4.69, 9.17) is 14.2 Å². The van der Waals surface area contributed by atoms with E-state index >= 15 is 0 Å². The van der Waals surface area contributed by atoms with Crippen molar-refractivity contribution < 1.29 is 14.2 Å². The molecule has 0 fully saturated rings. The average molecular weight is 369 g/mol. The molecule has 2 rings (SSSR count). The highest BCUT2D eigenvalue weighted by atomic mass is 79.9. The molecule has 0 aromatic heterocycles. The Morgan fingerprint density at radius 3 is 2.00 bits per heavy atom. The molecule has 1 aromatic carbocycles. The van der Waals surface area contributed by atoms with Crippen molar-refractivity contribution in [3.05, 3.63) is 27.7 Å². The molecule has 0 unspecified atom stereocenters. The van der Waals surface area contributed by atoms with Gasteiger partial charge in [-0.1, -0.05) is 34.6 Å². The maximum atomic E-state index is 6.09. The lowest BCUT2D eigenvalue weighted by Crippen LogP contribution is -2.24. The molecule has 0 radical (unpaired) electrons. The van der Waals surface area contributed by atoms with Crippen LogP contribution in [0.3, 0.4) is 0 Å². The summed E-state index contributed by atoms with van der Waals surface area (Å²) < 4.78 is 17.8. The van der Waals surface area contributed by atoms with Gasteiger partial charge >= 0.3 is 0 Å². The largest absolute Gasteiger partial charge is 0.495 e. The summed E-state index contributed by atoms with van der Waals surface area (Å²) in [6, 6.07) is 3.99. The second-order valence-corrected chi connectivity index (χ2v) is 8.11. The third-order valence-corrected chi connectivity index (χ3v) is 4.72. The lowest BCUT2D eigenvalue weighted by Gasteiger charge is -2.31. The van der Waals surface area contributed by atoms with Crippen molar-refractivity contribution in [2.75, 3.05) is 20.8 Å². The van der Waals surface area contributed by atoms with Crippen molar-refractivity contribution >= 4 is 21.7 Å². The molecule has 1 aliphatic rings. The number of ether oxygens (including phenoxy) is 3. The van der Waals surface area contributed by atoms with Gasteiger partial charge in [0.25, 0.3) is 0 Å². The van der Waals surface area contributed by atoms with Crippen molar-refractivity contribution in [1.82, 2.24) is 0 Å². The third-order valence-electron chi connectivity index (χ3n) is 3.94. The molecule has 0 bridgehead atoms. The first-order valence-electron chi connectivity index (χ1n) is 7.41. The zero-order valence-corrected chi connectivity index (χ0v) is 16.1. The lowest BCUT2D eigenvalue weighted by molar-refractivity contribution is 0.213. The van der Waals surface area contributed by atoms with E-state index in [1.165, 1.54) is 5.57 Å². The van der Waals surface area contributed by atoms with Gasteiger partial charge in [0.2, 0.25) is 0 Å². The Hall–Kier alpha value is -1.16. The van der Waals surface area contributed by atoms with Gasteiger partial charge < -0.3 is 14.2 Å². The Balaban J connectivity index is 2.69. The van der Waals surface area contributed by atoms with E-state index in [2.05, 4.69) is 50.5 Å². The van der Waals surface area contributed by atoms with Crippen LogP contribution >= 0.6 is 15.9 Å². The fourth-order valence-corrected chi connectivity index (χ4v) is 3.84. The molecule has 0 N–H and O–H groups in total. The van der Waals surface area contributed by atoms with E-state index in [1.54, 1.807) is 14.2 Å². The second kappa shape index (κ2) is 5.80. The first-order chi connectivity index (χ1) is 10.1. The van der Waals surface area contributed by atoms with Crippen LogP contribution < -0.4 is 9.47 Å². The summed E-state index contributed by atoms with van der Waals surface area (Å²) in [6.45, 7) is 11.8. The van der Waals surface area contributed by atoms with Crippen LogP contribution in [0.4, 0.5) is 0 Å². The molecule has 4 heteroatoms. The molecule has 1 aromatic rings. The van der Waals surface area contributed by atoms with E-state index < -0.39 is 0 Å². The molecule has 3 nitrogen and oxygen atoms in total. The molecule has 1 aliphatic heterocycles. The Labute approximate surface area is 141 Å². The van der Waals surface area contributed by atoms with Crippen molar-refractivity contribution in [3.8, 4) is 11.5 Å². The van der Waals surface area contributed by atoms with Gasteiger partial charge in [-0.15, -0.1) is 0 Å². The number of hydrogen-bond acceptors (Lipinski definition) is 3. The summed E-state index contributed by atoms with van der Waals surface area (Å²) >= 11 is 3.51. The molecular weight excluding hydrogens is 344 g/mol. The third kappa shape index (κ3) is 2.98. The summed E-state index contributed by atoms with van der Waals surface area (Å²) in [5, 5.41) is 0. The summed E-state index contributed by atoms with van der Waals surface area (Å²) in [4.78, 5) is 0. The number of rotatable bonds is 3. The Morgan fingerprint density at radius 2 is 1.59 bits per heavy atom. The molecule has 0 spiro atoms. The van der Waals surface area contributed by atoms with Gasteiger partial charge in [-0.25, -0.2) is 0 Å². The van der Waals surface area contributed by atoms with E-state index in [1.807, 2.05) is 12.1 Å². The summed E-state index contributed by atoms with van der Waals surface area (Å²) in [5.41, 5.74) is 2.36. The molecule has 0 atom stereocenters. The SMILES string of the molecule is COc1cc(C2=C(C(C)(C)C)C(C)(C)CO2)cc(OC)c1Br. The molecule has 0 amide bonds. The standard InChI is InChI=1S/C18H25BrO3/c1-17(2,3)16-15(22-10-18(16,4)5)11-8-12(20-6)14(19)13(9-11)21-7/h8-9H,10H2,1-7H3. The maximum absolute atomic E-state index is 6.09. The molecule has 0 saturated heterocycles. The predicted molar refractivity (Wildman–Crippen MR) is 93.4 cm³/mol. The van der Waals surface area contributed by atoms with Crippen LogP contribution in [0.25, 0.3) is 5.76 Å². The minimum atomic E-state index is 0.0150. The number of hydrogen-bond donors (Lipinski definition) is 0. The predicted octanol–water partition coefficient (Wildman–Crippen LogP) is 5.28. The normalized spacial score (nSPS) is 17.5. The zero-order chi connectivity index (χ0) is 16.7. The smallest absolute Gasteiger partial charge is 0.137 e. The first kappa shape index (κ1) is 17.2. The van der Waals surface area contributed by atoms with Crippen molar-refractivity contribution in [2.24, 2.45) is 10.8 Å². The highest BCUT2D eigenvalue weighted by molar-refractivity contribution is 9.10. The van der Waals surface area contributed by atoms with Crippen LogP contribution in [0.15, 0.2) is 22.2 Å². The van der Waals surface area contributed by atoms with Crippen LogP contribution in [-0.4, -0.2) is 20.8 Å². The number of benzene rings is 1. The van der Waals surface area contributed by atoms with E-state index in [0.29, 0.717) is 6.61 Å². The topological polar surface area (TPSA) is 27.7 Å². The van der Waals surface area contributed by atoms with E-state index in [9.17, 15) is 0 Å². The van der Waals surface area contributed by atoms with Crippen LogP contribution in [0.2, 0.25) is 0 Å². The minimum absolute atomic E-state index is 0.0150. The van der Waals surface area contributed by atoms with Crippen molar-refractivity contribution in [2.45, 2.75) is 34.6 Å². The van der Waals surface area contributed by atoms with Gasteiger partial charge in [0.05, 0.1) is 20.8 Å². The van der Waals surface area contributed by atoms with Gasteiger partial charge in [-0.3, -0.25) is 0 Å². The van der Waals surface area contributed by atoms with Gasteiger partial charge in [0.15, 0.2) is 0 Å². The van der Waals surface area contributed by atoms with Gasteiger partial charge in [-0.05, 0) is 39.1 Å². The molecule has 122 valence electrons. The second-order valence-electron chi connectivity index (χ2n) is 7.32. The van der Waals surface area contributed by atoms with Crippen LogP contribution in [-0.2, 0) is 4.74 Å². The fourth-order valence-electron chi connectivity index (χ4n) is 3.29. The maximum Gasteiger partial charge on any atom is 0.137 e. The Kier molecular flexibility index (Phi) is 4.54. The highest BCUT2D eigenvalue weighted by Crippen LogP contribution is 2.50. The lowest BCUT2D eigenvalue weighted by atomic mass is 9.71. The Bertz CT molecular complexity index is 584. The van der Waals surface area contributed by atoms with Crippen LogP contribution in [0.1, 0.15) is 40.2 Å². The first-order valence-corrected chi connectivity index (χ1v) is 8.21. The van der Waals surface area contributed by atoms with Gasteiger partial charge in [-0.2, -0.15) is 0 Å². The van der Waals surface area contributed by atoms with E-state index in [-0.39, 0.29) is 10.8 Å².